The summed E-state index contributed by atoms with van der Waals surface area (Å²) in [6.45, 7) is 3.38. The van der Waals surface area contributed by atoms with E-state index in [4.69, 9.17) is 40.9 Å². The van der Waals surface area contributed by atoms with Crippen LogP contribution in [-0.4, -0.2) is 50.0 Å². The van der Waals surface area contributed by atoms with Crippen molar-refractivity contribution in [2.24, 2.45) is 0 Å². The second-order valence-corrected chi connectivity index (χ2v) is 0.552. The number of hydrogen-bond donors (Lipinski definition) is 5. The number of hydrogen-bond acceptors (Lipinski definition) is 8. The summed E-state index contributed by atoms with van der Waals surface area (Å²) >= 11 is 0. The lowest BCUT2D eigenvalue weighted by molar-refractivity contribution is -0.176. The zero-order chi connectivity index (χ0) is 11.4. The summed E-state index contributed by atoms with van der Waals surface area (Å²) in [5.41, 5.74) is 0. The summed E-state index contributed by atoms with van der Waals surface area (Å²) in [4.78, 5) is 22.8. The molecule has 16 heavy (non-hydrogen) atoms. The summed E-state index contributed by atoms with van der Waals surface area (Å²) in [5.74, 6) is 0. The molecule has 0 aromatic rings. The zero-order valence-electron chi connectivity index (χ0n) is 7.75. The van der Waals surface area contributed by atoms with Gasteiger partial charge in [-0.05, 0) is 13.8 Å². The first-order chi connectivity index (χ1) is 5.83. The third-order valence-electron chi connectivity index (χ3n) is 0. The predicted octanol–water partition coefficient (Wildman–Crippen LogP) is -0.0716. The van der Waals surface area contributed by atoms with E-state index < -0.39 is 0 Å². The molecule has 0 bridgehead atoms. The van der Waals surface area contributed by atoms with Crippen LogP contribution in [0.5, 0.6) is 0 Å². The van der Waals surface area contributed by atoms with Gasteiger partial charge < -0.3 is 20.9 Å². The standard InChI is InChI=1S/C2H6O.C2H4O.2CH4.2H2O2.O2.2H2O/c2*1-2-3;;;3*1-2;;/h3H,2H2,1H3;2H,1H3;2*1H4;2*1-2H;;2*1H2. The average molecular weight is 258 g/mol. The lowest BCUT2D eigenvalue weighted by atomic mass is 10.9. The molecule has 0 aliphatic heterocycles. The first kappa shape index (κ1) is 81.8. The number of aliphatic hydroxyl groups is 1. The molecule has 0 aliphatic carbocycles. The van der Waals surface area contributed by atoms with Gasteiger partial charge in [0.2, 0.25) is 0 Å². The Morgan fingerprint density at radius 1 is 0.938 bits per heavy atom. The number of rotatable bonds is 0. The molecule has 10 heteroatoms. The van der Waals surface area contributed by atoms with Crippen molar-refractivity contribution in [2.75, 3.05) is 6.61 Å². The molecule has 0 rings (SSSR count). The summed E-state index contributed by atoms with van der Waals surface area (Å²) in [7, 11) is 0. The average Bonchev–Trinajstić information content (AvgIpc) is 2.16. The van der Waals surface area contributed by atoms with Gasteiger partial charge in [0.15, 0.2) is 0 Å². The van der Waals surface area contributed by atoms with E-state index in [-0.39, 0.29) is 32.4 Å². The van der Waals surface area contributed by atoms with Gasteiger partial charge in [0.1, 0.15) is 6.29 Å². The van der Waals surface area contributed by atoms with Crippen LogP contribution in [0.1, 0.15) is 28.7 Å². The van der Waals surface area contributed by atoms with Gasteiger partial charge in [-0.2, -0.15) is 0 Å². The van der Waals surface area contributed by atoms with Gasteiger partial charge in [-0.1, -0.05) is 14.9 Å². The maximum absolute atomic E-state index is 8.81. The van der Waals surface area contributed by atoms with Gasteiger partial charge in [0.25, 0.3) is 0 Å². The number of aldehydes is 1. The molecule has 0 saturated carbocycles. The van der Waals surface area contributed by atoms with E-state index in [1.54, 1.807) is 6.92 Å². The molecule has 0 amide bonds. The van der Waals surface area contributed by atoms with Crippen LogP contribution >= 0.6 is 0 Å². The maximum atomic E-state index is 8.81. The van der Waals surface area contributed by atoms with Gasteiger partial charge >= 0.3 is 0 Å². The van der Waals surface area contributed by atoms with Crippen LogP contribution < -0.4 is 0 Å². The molecule has 0 aromatic carbocycles. The Hall–Kier alpha value is -1.01. The Kier molecular flexibility index (Phi) is 12300. The maximum Gasteiger partial charge on any atom is 0.116 e. The molecule has 0 radical (unpaired) electrons. The van der Waals surface area contributed by atoms with Crippen LogP contribution in [0, 0.1) is 9.93 Å². The van der Waals surface area contributed by atoms with E-state index in [0.29, 0.717) is 0 Å². The van der Waals surface area contributed by atoms with Crippen molar-refractivity contribution in [1.82, 2.24) is 0 Å². The predicted molar refractivity (Wildman–Crippen MR) is 62.4 cm³/mol. The van der Waals surface area contributed by atoms with Gasteiger partial charge in [-0.3, -0.25) is 21.0 Å². The molecule has 0 fully saturated rings. The summed E-state index contributed by atoms with van der Waals surface area (Å²) in [6, 6.07) is 0. The van der Waals surface area contributed by atoms with E-state index in [0.717, 1.165) is 6.29 Å². The van der Waals surface area contributed by atoms with Crippen molar-refractivity contribution < 1.29 is 41.9 Å². The minimum Gasteiger partial charge on any atom is -0.412 e. The van der Waals surface area contributed by atoms with E-state index in [2.05, 4.69) is 0 Å². The zero-order valence-corrected chi connectivity index (χ0v) is 7.75. The first-order valence-electron chi connectivity index (χ1n) is 2.40. The normalized spacial score (nSPS) is 2.94. The molecule has 0 unspecified atom stereocenters. The van der Waals surface area contributed by atoms with Crippen LogP contribution in [0.15, 0.2) is 0 Å². The van der Waals surface area contributed by atoms with Crippen molar-refractivity contribution in [2.45, 2.75) is 28.7 Å². The van der Waals surface area contributed by atoms with E-state index in [1.165, 1.54) is 6.92 Å². The largest absolute Gasteiger partial charge is 0.412 e. The fourth-order valence-electron chi connectivity index (χ4n) is 0. The molecule has 0 heterocycles. The molecule has 9 N–H and O–H groups in total. The topological polar surface area (TPSA) is 215 Å². The van der Waals surface area contributed by atoms with Crippen LogP contribution in [-0.2, 0) is 4.79 Å². The highest BCUT2D eigenvalue weighted by Gasteiger charge is 1.34. The Balaban J connectivity index is -0.00000000522. The van der Waals surface area contributed by atoms with Crippen LogP contribution in [0.3, 0.4) is 0 Å². The number of aliphatic hydroxyl groups excluding tert-OH is 1. The highest BCUT2D eigenvalue weighted by molar-refractivity contribution is 5.44. The van der Waals surface area contributed by atoms with Crippen molar-refractivity contribution in [3.63, 3.8) is 0 Å². The molecule has 0 atom stereocenters. The first-order valence-corrected chi connectivity index (χ1v) is 2.40. The van der Waals surface area contributed by atoms with E-state index in [9.17, 15) is 0 Å². The molecule has 110 valence electrons. The summed E-state index contributed by atoms with van der Waals surface area (Å²) in [5, 5.41) is 31.6. The molecular formula is C6H26O10. The lowest BCUT2D eigenvalue weighted by Gasteiger charge is -1.52. The number of carbonyl (C=O) groups is 1. The fourth-order valence-corrected chi connectivity index (χ4v) is 0. The molecule has 0 aliphatic rings. The van der Waals surface area contributed by atoms with Crippen LogP contribution in [0.25, 0.3) is 0 Å². The Morgan fingerprint density at radius 3 is 0.938 bits per heavy atom. The SMILES string of the molecule is C.C.CC=O.CCO.O.O.O=O.OO.OO. The molecule has 0 aromatic heterocycles. The van der Waals surface area contributed by atoms with Crippen molar-refractivity contribution >= 4 is 6.29 Å². The minimum atomic E-state index is 0. The third kappa shape index (κ3) is 1830. The monoisotopic (exact) mass is 258 g/mol. The third-order valence-corrected chi connectivity index (χ3v) is 0. The second kappa shape index (κ2) is 2410. The van der Waals surface area contributed by atoms with Crippen molar-refractivity contribution in [3.05, 3.63) is 9.93 Å². The highest BCUT2D eigenvalue weighted by atomic mass is 17.0. The van der Waals surface area contributed by atoms with Crippen LogP contribution in [0.2, 0.25) is 0 Å². The van der Waals surface area contributed by atoms with Gasteiger partial charge in [0.05, 0.1) is 0 Å². The van der Waals surface area contributed by atoms with Crippen molar-refractivity contribution in [1.29, 1.82) is 0 Å². The quantitative estimate of drug-likeness (QED) is 0.224. The Bertz CT molecular complexity index is 36.5. The Morgan fingerprint density at radius 2 is 0.938 bits per heavy atom. The minimum absolute atomic E-state index is 0. The van der Waals surface area contributed by atoms with Gasteiger partial charge in [-0.25, -0.2) is 0 Å². The summed E-state index contributed by atoms with van der Waals surface area (Å²) < 4.78 is 0. The fraction of sp³-hybridized carbons (Fsp3) is 0.833. The van der Waals surface area contributed by atoms with Gasteiger partial charge in [0, 0.05) is 16.5 Å². The molecule has 10 nitrogen and oxygen atoms in total. The van der Waals surface area contributed by atoms with Crippen molar-refractivity contribution in [3.8, 4) is 0 Å². The smallest absolute Gasteiger partial charge is 0.116 e. The van der Waals surface area contributed by atoms with Gasteiger partial charge in [-0.15, -0.1) is 0 Å². The molecule has 0 spiro atoms. The van der Waals surface area contributed by atoms with Crippen LogP contribution in [0.4, 0.5) is 0 Å². The van der Waals surface area contributed by atoms with E-state index in [1.807, 2.05) is 0 Å². The Labute approximate surface area is 94.5 Å². The second-order valence-electron chi connectivity index (χ2n) is 0.552. The molecule has 0 saturated heterocycles. The lowest BCUT2D eigenvalue weighted by Crippen LogP contribution is -1.57. The molecular weight excluding hydrogens is 232 g/mol. The highest BCUT2D eigenvalue weighted by Crippen LogP contribution is 1.30. The summed E-state index contributed by atoms with van der Waals surface area (Å²) in [6.07, 6.45) is 0.750. The number of carbonyl (C=O) groups excluding carboxylic acids is 1. The van der Waals surface area contributed by atoms with E-state index >= 15 is 0 Å².